The summed E-state index contributed by atoms with van der Waals surface area (Å²) < 4.78 is 39.1. The van der Waals surface area contributed by atoms with Crippen molar-refractivity contribution in [1.29, 1.82) is 0 Å². The number of hydrogen-bond acceptors (Lipinski definition) is 2. The molecule has 0 spiro atoms. The van der Waals surface area contributed by atoms with E-state index in [0.29, 0.717) is 5.82 Å². The summed E-state index contributed by atoms with van der Waals surface area (Å²) >= 11 is 0. The number of imidazole rings is 1. The first-order chi connectivity index (χ1) is 7.36. The van der Waals surface area contributed by atoms with Gasteiger partial charge < -0.3 is 10.3 Å². The third kappa shape index (κ3) is 2.98. The molecule has 16 heavy (non-hydrogen) atoms. The van der Waals surface area contributed by atoms with Crippen LogP contribution in [0.2, 0.25) is 0 Å². The Kier molecular flexibility index (Phi) is 3.96. The van der Waals surface area contributed by atoms with Gasteiger partial charge in [0, 0.05) is 31.4 Å². The van der Waals surface area contributed by atoms with Crippen LogP contribution >= 0.6 is 0 Å². The SMILES string of the molecule is CC(C)c1nccn1CC(CN)C(F)(F)F. The van der Waals surface area contributed by atoms with Gasteiger partial charge in [0.05, 0.1) is 5.92 Å². The Morgan fingerprint density at radius 2 is 2.06 bits per heavy atom. The Morgan fingerprint density at radius 1 is 1.44 bits per heavy atom. The number of alkyl halides is 3. The van der Waals surface area contributed by atoms with Crippen LogP contribution in [-0.4, -0.2) is 22.3 Å². The van der Waals surface area contributed by atoms with Gasteiger partial charge in [0.25, 0.3) is 0 Å². The molecular formula is C10H16F3N3. The van der Waals surface area contributed by atoms with Crippen molar-refractivity contribution in [3.8, 4) is 0 Å². The summed E-state index contributed by atoms with van der Waals surface area (Å²) in [4.78, 5) is 4.04. The van der Waals surface area contributed by atoms with Gasteiger partial charge in [-0.25, -0.2) is 4.98 Å². The third-order valence-electron chi connectivity index (χ3n) is 2.43. The Morgan fingerprint density at radius 3 is 2.50 bits per heavy atom. The first-order valence-corrected chi connectivity index (χ1v) is 5.14. The summed E-state index contributed by atoms with van der Waals surface area (Å²) in [5.74, 6) is -0.761. The molecular weight excluding hydrogens is 219 g/mol. The van der Waals surface area contributed by atoms with Gasteiger partial charge in [0.2, 0.25) is 0 Å². The van der Waals surface area contributed by atoms with Crippen molar-refractivity contribution < 1.29 is 13.2 Å². The lowest BCUT2D eigenvalue weighted by Gasteiger charge is -2.20. The highest BCUT2D eigenvalue weighted by atomic mass is 19.4. The van der Waals surface area contributed by atoms with Crippen LogP contribution in [0.25, 0.3) is 0 Å². The van der Waals surface area contributed by atoms with E-state index in [2.05, 4.69) is 4.98 Å². The van der Waals surface area contributed by atoms with Gasteiger partial charge >= 0.3 is 6.18 Å². The largest absolute Gasteiger partial charge is 0.394 e. The minimum Gasteiger partial charge on any atom is -0.334 e. The Balaban J connectivity index is 2.82. The first kappa shape index (κ1) is 13.0. The molecule has 3 nitrogen and oxygen atoms in total. The van der Waals surface area contributed by atoms with Crippen LogP contribution in [0.5, 0.6) is 0 Å². The summed E-state index contributed by atoms with van der Waals surface area (Å²) in [7, 11) is 0. The van der Waals surface area contributed by atoms with Crippen LogP contribution in [-0.2, 0) is 6.54 Å². The van der Waals surface area contributed by atoms with Crippen LogP contribution in [0.3, 0.4) is 0 Å². The zero-order chi connectivity index (χ0) is 12.3. The van der Waals surface area contributed by atoms with Gasteiger partial charge in [-0.3, -0.25) is 0 Å². The molecule has 0 aromatic carbocycles. The van der Waals surface area contributed by atoms with E-state index >= 15 is 0 Å². The second kappa shape index (κ2) is 4.86. The quantitative estimate of drug-likeness (QED) is 0.869. The molecule has 0 radical (unpaired) electrons. The van der Waals surface area contributed by atoms with E-state index in [-0.39, 0.29) is 12.5 Å². The van der Waals surface area contributed by atoms with Gasteiger partial charge in [-0.15, -0.1) is 0 Å². The highest BCUT2D eigenvalue weighted by Crippen LogP contribution is 2.27. The molecule has 0 saturated carbocycles. The van der Waals surface area contributed by atoms with Crippen molar-refractivity contribution in [3.05, 3.63) is 18.2 Å². The number of hydrogen-bond donors (Lipinski definition) is 1. The normalized spacial score (nSPS) is 14.4. The van der Waals surface area contributed by atoms with E-state index in [1.54, 1.807) is 6.20 Å². The molecule has 6 heteroatoms. The van der Waals surface area contributed by atoms with Crippen molar-refractivity contribution in [2.75, 3.05) is 6.54 Å². The molecule has 0 aliphatic carbocycles. The molecule has 92 valence electrons. The van der Waals surface area contributed by atoms with Gasteiger partial charge in [0.1, 0.15) is 5.82 Å². The minimum atomic E-state index is -4.26. The lowest BCUT2D eigenvalue weighted by atomic mass is 10.1. The maximum atomic E-state index is 12.5. The second-order valence-corrected chi connectivity index (χ2v) is 4.07. The van der Waals surface area contributed by atoms with Crippen LogP contribution in [0, 0.1) is 5.92 Å². The van der Waals surface area contributed by atoms with Gasteiger partial charge in [0.15, 0.2) is 0 Å². The van der Waals surface area contributed by atoms with E-state index in [1.807, 2.05) is 13.8 Å². The maximum absolute atomic E-state index is 12.5. The van der Waals surface area contributed by atoms with Crippen molar-refractivity contribution in [2.24, 2.45) is 11.7 Å². The predicted octanol–water partition coefficient (Wildman–Crippen LogP) is 2.14. The number of aromatic nitrogens is 2. The molecule has 0 fully saturated rings. The van der Waals surface area contributed by atoms with Crippen LogP contribution in [0.1, 0.15) is 25.6 Å². The Bertz CT molecular complexity index is 330. The smallest absolute Gasteiger partial charge is 0.334 e. The summed E-state index contributed by atoms with van der Waals surface area (Å²) in [5.41, 5.74) is 5.15. The second-order valence-electron chi connectivity index (χ2n) is 4.07. The molecule has 1 aromatic heterocycles. The molecule has 0 aliphatic rings. The molecule has 0 aliphatic heterocycles. The molecule has 0 bridgehead atoms. The molecule has 1 unspecified atom stereocenters. The zero-order valence-electron chi connectivity index (χ0n) is 9.33. The number of rotatable bonds is 4. The maximum Gasteiger partial charge on any atom is 0.394 e. The fraction of sp³-hybridized carbons (Fsp3) is 0.700. The lowest BCUT2D eigenvalue weighted by molar-refractivity contribution is -0.175. The summed E-state index contributed by atoms with van der Waals surface area (Å²) in [6, 6.07) is 0. The number of nitrogens with zero attached hydrogens (tertiary/aromatic N) is 2. The highest BCUT2D eigenvalue weighted by molar-refractivity contribution is 4.98. The monoisotopic (exact) mass is 235 g/mol. The fourth-order valence-corrected chi connectivity index (χ4v) is 1.52. The molecule has 1 heterocycles. The summed E-state index contributed by atoms with van der Waals surface area (Å²) in [6.45, 7) is 3.22. The standard InChI is InChI=1S/C10H16F3N3/c1-7(2)9-15-3-4-16(9)6-8(5-14)10(11,12)13/h3-4,7-8H,5-6,14H2,1-2H3. The van der Waals surface area contributed by atoms with Crippen molar-refractivity contribution in [3.63, 3.8) is 0 Å². The molecule has 1 aromatic rings. The van der Waals surface area contributed by atoms with Crippen molar-refractivity contribution in [2.45, 2.75) is 32.5 Å². The fourth-order valence-electron chi connectivity index (χ4n) is 1.52. The van der Waals surface area contributed by atoms with Gasteiger partial charge in [-0.1, -0.05) is 13.8 Å². The highest BCUT2D eigenvalue weighted by Gasteiger charge is 2.38. The zero-order valence-corrected chi connectivity index (χ0v) is 9.33. The van der Waals surface area contributed by atoms with E-state index in [1.165, 1.54) is 10.8 Å². The lowest BCUT2D eigenvalue weighted by Crippen LogP contribution is -2.34. The third-order valence-corrected chi connectivity index (χ3v) is 2.43. The molecule has 2 N–H and O–H groups in total. The number of halogens is 3. The Labute approximate surface area is 92.5 Å². The van der Waals surface area contributed by atoms with Crippen molar-refractivity contribution >= 4 is 0 Å². The molecule has 0 saturated heterocycles. The van der Waals surface area contributed by atoms with Crippen molar-refractivity contribution in [1.82, 2.24) is 9.55 Å². The molecule has 1 rings (SSSR count). The van der Waals surface area contributed by atoms with E-state index in [9.17, 15) is 13.2 Å². The van der Waals surface area contributed by atoms with E-state index in [4.69, 9.17) is 5.73 Å². The van der Waals surface area contributed by atoms with Crippen LogP contribution < -0.4 is 5.73 Å². The molecule has 0 amide bonds. The first-order valence-electron chi connectivity index (χ1n) is 5.14. The average Bonchev–Trinajstić information content (AvgIpc) is 2.59. The average molecular weight is 235 g/mol. The molecule has 1 atom stereocenters. The predicted molar refractivity (Wildman–Crippen MR) is 54.9 cm³/mol. The minimum absolute atomic E-state index is 0.0988. The van der Waals surface area contributed by atoms with Gasteiger partial charge in [-0.05, 0) is 0 Å². The summed E-state index contributed by atoms with van der Waals surface area (Å²) in [5, 5.41) is 0. The Hall–Kier alpha value is -1.04. The van der Waals surface area contributed by atoms with E-state index < -0.39 is 18.6 Å². The topological polar surface area (TPSA) is 43.8 Å². The van der Waals surface area contributed by atoms with Crippen LogP contribution in [0.4, 0.5) is 13.2 Å². The van der Waals surface area contributed by atoms with Crippen LogP contribution in [0.15, 0.2) is 12.4 Å². The number of nitrogens with two attached hydrogens (primary N) is 1. The summed E-state index contributed by atoms with van der Waals surface area (Å²) in [6.07, 6.45) is -1.18. The van der Waals surface area contributed by atoms with Gasteiger partial charge in [-0.2, -0.15) is 13.2 Å². The van der Waals surface area contributed by atoms with E-state index in [0.717, 1.165) is 0 Å².